The van der Waals surface area contributed by atoms with E-state index in [-0.39, 0.29) is 0 Å². The molecular formula is C17H18ClN. The normalized spacial score (nSPS) is 18.7. The molecule has 1 aliphatic heterocycles. The predicted octanol–water partition coefficient (Wildman–Crippen LogP) is 4.26. The van der Waals surface area contributed by atoms with Crippen LogP contribution < -0.4 is 5.32 Å². The fraction of sp³-hybridized carbons (Fsp3) is 0.294. The van der Waals surface area contributed by atoms with Gasteiger partial charge in [-0.1, -0.05) is 54.9 Å². The highest BCUT2D eigenvalue weighted by Gasteiger charge is 2.15. The van der Waals surface area contributed by atoms with Crippen LogP contribution in [0.2, 0.25) is 5.02 Å². The molecule has 1 heterocycles. The van der Waals surface area contributed by atoms with Crippen molar-refractivity contribution in [1.82, 2.24) is 5.32 Å². The SMILES string of the molecule is CC1CNCCc2cc(-c3ccccc3Cl)ccc21. The first-order valence-corrected chi connectivity index (χ1v) is 7.22. The second-order valence-electron chi connectivity index (χ2n) is 5.25. The topological polar surface area (TPSA) is 12.0 Å². The second-order valence-corrected chi connectivity index (χ2v) is 5.66. The summed E-state index contributed by atoms with van der Waals surface area (Å²) in [4.78, 5) is 0. The molecule has 0 saturated heterocycles. The van der Waals surface area contributed by atoms with E-state index in [1.165, 1.54) is 16.7 Å². The zero-order chi connectivity index (χ0) is 13.2. The second kappa shape index (κ2) is 5.36. The average molecular weight is 272 g/mol. The van der Waals surface area contributed by atoms with Crippen LogP contribution in [0.25, 0.3) is 11.1 Å². The maximum atomic E-state index is 6.29. The van der Waals surface area contributed by atoms with Crippen LogP contribution >= 0.6 is 11.6 Å². The van der Waals surface area contributed by atoms with Crippen molar-refractivity contribution < 1.29 is 0 Å². The summed E-state index contributed by atoms with van der Waals surface area (Å²) in [5.74, 6) is 0.581. The number of halogens is 1. The Morgan fingerprint density at radius 3 is 2.84 bits per heavy atom. The molecule has 2 heteroatoms. The molecule has 3 rings (SSSR count). The summed E-state index contributed by atoms with van der Waals surface area (Å²) in [6.45, 7) is 4.41. The third-order valence-corrected chi connectivity index (χ3v) is 4.21. The summed E-state index contributed by atoms with van der Waals surface area (Å²) in [6.07, 6.45) is 1.10. The molecule has 1 N–H and O–H groups in total. The van der Waals surface area contributed by atoms with E-state index in [1.807, 2.05) is 18.2 Å². The van der Waals surface area contributed by atoms with Gasteiger partial charge in [-0.15, -0.1) is 0 Å². The van der Waals surface area contributed by atoms with Gasteiger partial charge in [0.15, 0.2) is 0 Å². The molecule has 2 aromatic carbocycles. The predicted molar refractivity (Wildman–Crippen MR) is 81.9 cm³/mol. The highest BCUT2D eigenvalue weighted by molar-refractivity contribution is 6.33. The van der Waals surface area contributed by atoms with Crippen LogP contribution in [0, 0.1) is 0 Å². The number of rotatable bonds is 1. The standard InChI is InChI=1S/C17H18ClN/c1-12-11-19-9-8-14-10-13(6-7-15(12)14)16-4-2-3-5-17(16)18/h2-7,10,12,19H,8-9,11H2,1H3. The van der Waals surface area contributed by atoms with Gasteiger partial charge >= 0.3 is 0 Å². The first-order valence-electron chi connectivity index (χ1n) is 6.84. The average Bonchev–Trinajstić information content (AvgIpc) is 2.61. The lowest BCUT2D eigenvalue weighted by molar-refractivity contribution is 0.644. The molecule has 1 aliphatic rings. The summed E-state index contributed by atoms with van der Waals surface area (Å²) < 4.78 is 0. The third-order valence-electron chi connectivity index (χ3n) is 3.88. The maximum absolute atomic E-state index is 6.29. The molecule has 1 atom stereocenters. The van der Waals surface area contributed by atoms with E-state index in [4.69, 9.17) is 11.6 Å². The van der Waals surface area contributed by atoms with Crippen molar-refractivity contribution in [3.63, 3.8) is 0 Å². The van der Waals surface area contributed by atoms with Crippen molar-refractivity contribution in [3.8, 4) is 11.1 Å². The van der Waals surface area contributed by atoms with Gasteiger partial charge in [0.25, 0.3) is 0 Å². The number of fused-ring (bicyclic) bond motifs is 1. The quantitative estimate of drug-likeness (QED) is 0.817. The maximum Gasteiger partial charge on any atom is 0.0484 e. The molecule has 98 valence electrons. The van der Waals surface area contributed by atoms with Crippen molar-refractivity contribution in [2.45, 2.75) is 19.3 Å². The van der Waals surface area contributed by atoms with E-state index in [1.54, 1.807) is 0 Å². The van der Waals surface area contributed by atoms with Crippen LogP contribution in [0.1, 0.15) is 24.0 Å². The van der Waals surface area contributed by atoms with Crippen molar-refractivity contribution in [2.24, 2.45) is 0 Å². The van der Waals surface area contributed by atoms with Crippen molar-refractivity contribution in [1.29, 1.82) is 0 Å². The summed E-state index contributed by atoms with van der Waals surface area (Å²) >= 11 is 6.29. The minimum absolute atomic E-state index is 0.581. The molecule has 1 nitrogen and oxygen atoms in total. The lowest BCUT2D eigenvalue weighted by Gasteiger charge is -2.14. The minimum atomic E-state index is 0.581. The Bertz CT molecular complexity index is 592. The molecule has 0 amide bonds. The number of benzene rings is 2. The summed E-state index contributed by atoms with van der Waals surface area (Å²) in [5, 5.41) is 4.31. The zero-order valence-electron chi connectivity index (χ0n) is 11.1. The largest absolute Gasteiger partial charge is 0.316 e. The van der Waals surface area contributed by atoms with Crippen LogP contribution in [0.4, 0.5) is 0 Å². The van der Waals surface area contributed by atoms with Crippen LogP contribution in [-0.2, 0) is 6.42 Å². The molecular weight excluding hydrogens is 254 g/mol. The van der Waals surface area contributed by atoms with Gasteiger partial charge in [-0.2, -0.15) is 0 Å². The number of hydrogen-bond acceptors (Lipinski definition) is 1. The van der Waals surface area contributed by atoms with Gasteiger partial charge in [-0.25, -0.2) is 0 Å². The highest BCUT2D eigenvalue weighted by atomic mass is 35.5. The monoisotopic (exact) mass is 271 g/mol. The Hall–Kier alpha value is -1.31. The van der Waals surface area contributed by atoms with Crippen LogP contribution in [-0.4, -0.2) is 13.1 Å². The van der Waals surface area contributed by atoms with Gasteiger partial charge in [0.05, 0.1) is 0 Å². The number of hydrogen-bond donors (Lipinski definition) is 1. The molecule has 0 aromatic heterocycles. The van der Waals surface area contributed by atoms with Gasteiger partial charge in [-0.3, -0.25) is 0 Å². The molecule has 0 spiro atoms. The summed E-state index contributed by atoms with van der Waals surface area (Å²) in [6, 6.07) is 14.8. The van der Waals surface area contributed by atoms with Gasteiger partial charge in [0.2, 0.25) is 0 Å². The lowest BCUT2D eigenvalue weighted by atomic mass is 9.92. The van der Waals surface area contributed by atoms with E-state index in [2.05, 4.69) is 36.5 Å². The molecule has 2 aromatic rings. The van der Waals surface area contributed by atoms with E-state index >= 15 is 0 Å². The number of nitrogens with one attached hydrogen (secondary N) is 1. The Balaban J connectivity index is 2.06. The smallest absolute Gasteiger partial charge is 0.0484 e. The molecule has 0 bridgehead atoms. The molecule has 0 saturated carbocycles. The van der Waals surface area contributed by atoms with Gasteiger partial charge < -0.3 is 5.32 Å². The Morgan fingerprint density at radius 2 is 2.00 bits per heavy atom. The fourth-order valence-corrected chi connectivity index (χ4v) is 3.06. The highest BCUT2D eigenvalue weighted by Crippen LogP contribution is 2.31. The molecule has 1 unspecified atom stereocenters. The minimum Gasteiger partial charge on any atom is -0.316 e. The third kappa shape index (κ3) is 2.54. The van der Waals surface area contributed by atoms with E-state index in [0.717, 1.165) is 30.1 Å². The van der Waals surface area contributed by atoms with Crippen LogP contribution in [0.3, 0.4) is 0 Å². The lowest BCUT2D eigenvalue weighted by Crippen LogP contribution is -2.18. The van der Waals surface area contributed by atoms with Gasteiger partial charge in [0.1, 0.15) is 0 Å². The van der Waals surface area contributed by atoms with Gasteiger partial charge in [-0.05, 0) is 41.6 Å². The zero-order valence-corrected chi connectivity index (χ0v) is 11.9. The van der Waals surface area contributed by atoms with Gasteiger partial charge in [0, 0.05) is 17.1 Å². The van der Waals surface area contributed by atoms with E-state index < -0.39 is 0 Å². The first-order chi connectivity index (χ1) is 9.25. The Kier molecular flexibility index (Phi) is 3.58. The van der Waals surface area contributed by atoms with Crippen molar-refractivity contribution >= 4 is 11.6 Å². The van der Waals surface area contributed by atoms with E-state index in [9.17, 15) is 0 Å². The molecule has 0 fully saturated rings. The van der Waals surface area contributed by atoms with Crippen molar-refractivity contribution in [2.75, 3.05) is 13.1 Å². The fourth-order valence-electron chi connectivity index (χ4n) is 2.82. The Labute approximate surface area is 119 Å². The molecule has 0 radical (unpaired) electrons. The first kappa shape index (κ1) is 12.7. The summed E-state index contributed by atoms with van der Waals surface area (Å²) in [5.41, 5.74) is 5.27. The van der Waals surface area contributed by atoms with Crippen LogP contribution in [0.15, 0.2) is 42.5 Å². The van der Waals surface area contributed by atoms with Crippen molar-refractivity contribution in [3.05, 3.63) is 58.6 Å². The molecule has 19 heavy (non-hydrogen) atoms. The van der Waals surface area contributed by atoms with Crippen LogP contribution in [0.5, 0.6) is 0 Å². The van der Waals surface area contributed by atoms with E-state index in [0.29, 0.717) is 5.92 Å². The molecule has 0 aliphatic carbocycles. The summed E-state index contributed by atoms with van der Waals surface area (Å²) in [7, 11) is 0. The Morgan fingerprint density at radius 1 is 1.16 bits per heavy atom.